The Hall–Kier alpha value is -0.830. The van der Waals surface area contributed by atoms with Crippen molar-refractivity contribution in [1.29, 1.82) is 0 Å². The van der Waals surface area contributed by atoms with Gasteiger partial charge in [0, 0.05) is 11.8 Å². The van der Waals surface area contributed by atoms with Crippen molar-refractivity contribution in [2.24, 2.45) is 0 Å². The van der Waals surface area contributed by atoms with Crippen LogP contribution in [0, 0.1) is 6.92 Å². The molecule has 0 aliphatic heterocycles. The first-order valence-electron chi connectivity index (χ1n) is 4.53. The fraction of sp³-hybridized carbons (Fsp3) is 0.364. The summed E-state index contributed by atoms with van der Waals surface area (Å²) in [5.41, 5.74) is 2.17. The summed E-state index contributed by atoms with van der Waals surface area (Å²) in [4.78, 5) is 11.1. The number of ether oxygens (including phenoxy) is 1. The summed E-state index contributed by atoms with van der Waals surface area (Å²) in [5.74, 6) is 0.459. The Morgan fingerprint density at radius 2 is 2.21 bits per heavy atom. The second-order valence-corrected chi connectivity index (χ2v) is 3.62. The molecule has 0 bridgehead atoms. The number of carbonyl (C=O) groups excluding carboxylic acids is 1. The molecule has 1 aromatic rings. The first kappa shape index (κ1) is 11.2. The molecule has 0 aromatic heterocycles. The Labute approximate surface area is 92.4 Å². The fourth-order valence-electron chi connectivity index (χ4n) is 1.10. The van der Waals surface area contributed by atoms with Gasteiger partial charge in [-0.2, -0.15) is 0 Å². The van der Waals surface area contributed by atoms with Crippen molar-refractivity contribution in [2.45, 2.75) is 25.6 Å². The normalized spacial score (nSPS) is 9.93. The van der Waals surface area contributed by atoms with Gasteiger partial charge in [-0.05, 0) is 24.1 Å². The van der Waals surface area contributed by atoms with E-state index in [-0.39, 0.29) is 5.97 Å². The first-order chi connectivity index (χ1) is 6.67. The van der Waals surface area contributed by atoms with Crippen LogP contribution in [0.2, 0.25) is 0 Å². The topological polar surface area (TPSA) is 26.3 Å². The molecule has 2 nitrogen and oxygen atoms in total. The molecule has 0 aliphatic carbocycles. The number of halogens is 1. The molecule has 0 aliphatic rings. The van der Waals surface area contributed by atoms with E-state index in [0.29, 0.717) is 12.2 Å². The molecule has 0 saturated heterocycles. The first-order valence-corrected chi connectivity index (χ1v) is 5.65. The molecular formula is C11H13BrO2. The van der Waals surface area contributed by atoms with E-state index in [0.717, 1.165) is 10.9 Å². The summed E-state index contributed by atoms with van der Waals surface area (Å²) in [7, 11) is 0. The van der Waals surface area contributed by atoms with Crippen molar-refractivity contribution in [1.82, 2.24) is 0 Å². The van der Waals surface area contributed by atoms with Gasteiger partial charge in [0.05, 0.1) is 0 Å². The van der Waals surface area contributed by atoms with E-state index in [9.17, 15) is 4.79 Å². The Bertz CT molecular complexity index is 334. The van der Waals surface area contributed by atoms with Gasteiger partial charge in [0.1, 0.15) is 5.75 Å². The second kappa shape index (κ2) is 5.15. The monoisotopic (exact) mass is 256 g/mol. The van der Waals surface area contributed by atoms with Crippen LogP contribution >= 0.6 is 15.9 Å². The van der Waals surface area contributed by atoms with Gasteiger partial charge in [-0.15, -0.1) is 0 Å². The van der Waals surface area contributed by atoms with Crippen LogP contribution in [-0.2, 0) is 10.1 Å². The predicted molar refractivity (Wildman–Crippen MR) is 59.7 cm³/mol. The van der Waals surface area contributed by atoms with Crippen LogP contribution in [0.5, 0.6) is 5.75 Å². The number of benzene rings is 1. The minimum Gasteiger partial charge on any atom is -0.426 e. The molecule has 0 saturated carbocycles. The summed E-state index contributed by atoms with van der Waals surface area (Å²) in [5, 5.41) is 0.815. The summed E-state index contributed by atoms with van der Waals surface area (Å²) >= 11 is 3.37. The molecule has 0 atom stereocenters. The van der Waals surface area contributed by atoms with E-state index in [4.69, 9.17) is 4.74 Å². The van der Waals surface area contributed by atoms with Crippen molar-refractivity contribution in [3.8, 4) is 5.75 Å². The highest BCUT2D eigenvalue weighted by atomic mass is 79.9. The molecule has 0 unspecified atom stereocenters. The Morgan fingerprint density at radius 1 is 1.50 bits per heavy atom. The van der Waals surface area contributed by atoms with Gasteiger partial charge in [0.25, 0.3) is 0 Å². The van der Waals surface area contributed by atoms with E-state index in [2.05, 4.69) is 15.9 Å². The van der Waals surface area contributed by atoms with Gasteiger partial charge in [0.15, 0.2) is 0 Å². The third-order valence-electron chi connectivity index (χ3n) is 1.91. The minimum absolute atomic E-state index is 0.195. The Balaban J connectivity index is 2.83. The van der Waals surface area contributed by atoms with Crippen LogP contribution in [-0.4, -0.2) is 5.97 Å². The zero-order valence-corrected chi connectivity index (χ0v) is 9.93. The zero-order chi connectivity index (χ0) is 10.6. The van der Waals surface area contributed by atoms with Crippen molar-refractivity contribution in [3.05, 3.63) is 29.3 Å². The van der Waals surface area contributed by atoms with Gasteiger partial charge in [-0.1, -0.05) is 35.0 Å². The van der Waals surface area contributed by atoms with Gasteiger partial charge >= 0.3 is 5.97 Å². The number of esters is 1. The van der Waals surface area contributed by atoms with Crippen LogP contribution in [0.25, 0.3) is 0 Å². The highest BCUT2D eigenvalue weighted by Gasteiger charge is 2.04. The van der Waals surface area contributed by atoms with Crippen LogP contribution in [0.15, 0.2) is 18.2 Å². The fourth-order valence-corrected chi connectivity index (χ4v) is 1.45. The maximum absolute atomic E-state index is 11.1. The van der Waals surface area contributed by atoms with Crippen LogP contribution < -0.4 is 4.74 Å². The molecule has 76 valence electrons. The second-order valence-electron chi connectivity index (χ2n) is 3.06. The number of hydrogen-bond donors (Lipinski definition) is 0. The molecule has 14 heavy (non-hydrogen) atoms. The average Bonchev–Trinajstić information content (AvgIpc) is 2.20. The molecule has 0 spiro atoms. The lowest BCUT2D eigenvalue weighted by molar-refractivity contribution is -0.134. The summed E-state index contributed by atoms with van der Waals surface area (Å²) in [6.07, 6.45) is 0.402. The van der Waals surface area contributed by atoms with Gasteiger partial charge in [-0.25, -0.2) is 0 Å². The average molecular weight is 257 g/mol. The number of rotatable bonds is 3. The molecule has 1 rings (SSSR count). The predicted octanol–water partition coefficient (Wildman–Crippen LogP) is 3.21. The maximum atomic E-state index is 11.1. The lowest BCUT2D eigenvalue weighted by Gasteiger charge is -2.07. The van der Waals surface area contributed by atoms with Crippen molar-refractivity contribution >= 4 is 21.9 Å². The molecule has 0 radical (unpaired) electrons. The molecule has 0 N–H and O–H groups in total. The van der Waals surface area contributed by atoms with Crippen LogP contribution in [0.4, 0.5) is 0 Å². The standard InChI is InChI=1S/C11H13BrO2/c1-3-11(13)14-10-5-4-9(7-12)6-8(10)2/h4-6H,3,7H2,1-2H3. The highest BCUT2D eigenvalue weighted by molar-refractivity contribution is 9.08. The maximum Gasteiger partial charge on any atom is 0.310 e. The molecule has 3 heteroatoms. The van der Waals surface area contributed by atoms with E-state index >= 15 is 0 Å². The lowest BCUT2D eigenvalue weighted by atomic mass is 10.1. The Kier molecular flexibility index (Phi) is 4.14. The van der Waals surface area contributed by atoms with Gasteiger partial charge in [0.2, 0.25) is 0 Å². The van der Waals surface area contributed by atoms with Crippen LogP contribution in [0.3, 0.4) is 0 Å². The number of aryl methyl sites for hydroxylation is 1. The molecule has 0 fully saturated rings. The molecule has 0 amide bonds. The van der Waals surface area contributed by atoms with E-state index < -0.39 is 0 Å². The van der Waals surface area contributed by atoms with E-state index in [1.807, 2.05) is 25.1 Å². The summed E-state index contributed by atoms with van der Waals surface area (Å²) in [6.45, 7) is 3.72. The molecule has 1 aromatic carbocycles. The van der Waals surface area contributed by atoms with Crippen molar-refractivity contribution < 1.29 is 9.53 Å². The number of hydrogen-bond acceptors (Lipinski definition) is 2. The Morgan fingerprint density at radius 3 is 2.71 bits per heavy atom. The summed E-state index contributed by atoms with van der Waals surface area (Å²) in [6, 6.07) is 5.78. The number of alkyl halides is 1. The van der Waals surface area contributed by atoms with Gasteiger partial charge < -0.3 is 4.74 Å². The van der Waals surface area contributed by atoms with Crippen molar-refractivity contribution in [2.75, 3.05) is 0 Å². The van der Waals surface area contributed by atoms with Crippen LogP contribution in [0.1, 0.15) is 24.5 Å². The van der Waals surface area contributed by atoms with Crippen molar-refractivity contribution in [3.63, 3.8) is 0 Å². The smallest absolute Gasteiger partial charge is 0.310 e. The quantitative estimate of drug-likeness (QED) is 0.472. The van der Waals surface area contributed by atoms with E-state index in [1.165, 1.54) is 5.56 Å². The summed E-state index contributed by atoms with van der Waals surface area (Å²) < 4.78 is 5.14. The lowest BCUT2D eigenvalue weighted by Crippen LogP contribution is -2.06. The van der Waals surface area contributed by atoms with E-state index in [1.54, 1.807) is 6.92 Å². The third kappa shape index (κ3) is 2.84. The van der Waals surface area contributed by atoms with Gasteiger partial charge in [-0.3, -0.25) is 4.79 Å². The molecular weight excluding hydrogens is 244 g/mol. The number of carbonyl (C=O) groups is 1. The SMILES string of the molecule is CCC(=O)Oc1ccc(CBr)cc1C. The minimum atomic E-state index is -0.195. The third-order valence-corrected chi connectivity index (χ3v) is 2.55. The highest BCUT2D eigenvalue weighted by Crippen LogP contribution is 2.20. The largest absolute Gasteiger partial charge is 0.426 e. The molecule has 0 heterocycles. The zero-order valence-electron chi connectivity index (χ0n) is 8.34.